The highest BCUT2D eigenvalue weighted by molar-refractivity contribution is 14.0. The van der Waals surface area contributed by atoms with Crippen LogP contribution in [0.4, 0.5) is 0 Å². The van der Waals surface area contributed by atoms with E-state index in [-0.39, 0.29) is 30.1 Å². The lowest BCUT2D eigenvalue weighted by atomic mass is 10.1. The number of aliphatic imine (C=N–C) groups is 1. The Balaban J connectivity index is 0.00000225. The Hall–Kier alpha value is -1.31. The van der Waals surface area contributed by atoms with E-state index >= 15 is 0 Å². The van der Waals surface area contributed by atoms with Crippen LogP contribution in [-0.4, -0.2) is 37.5 Å². The highest BCUT2D eigenvalue weighted by Gasteiger charge is 2.17. The second-order valence-corrected chi connectivity index (χ2v) is 6.28. The zero-order valence-corrected chi connectivity index (χ0v) is 17.3. The average molecular weight is 472 g/mol. The van der Waals surface area contributed by atoms with E-state index < -0.39 is 0 Å². The normalized spacial score (nSPS) is 14.6. The predicted molar refractivity (Wildman–Crippen MR) is 114 cm³/mol. The summed E-state index contributed by atoms with van der Waals surface area (Å²) in [4.78, 5) is 6.59. The number of benzene rings is 2. The van der Waals surface area contributed by atoms with Gasteiger partial charge >= 0.3 is 0 Å². The molecular weight excluding hydrogens is 449 g/mol. The van der Waals surface area contributed by atoms with E-state index in [2.05, 4.69) is 27.3 Å². The maximum Gasteiger partial charge on any atom is 0.193 e. The van der Waals surface area contributed by atoms with Crippen molar-refractivity contribution in [3.05, 3.63) is 70.7 Å². The van der Waals surface area contributed by atoms with Crippen LogP contribution in [0.5, 0.6) is 0 Å². The van der Waals surface area contributed by atoms with Gasteiger partial charge in [0, 0.05) is 25.2 Å². The molecule has 1 unspecified atom stereocenters. The summed E-state index contributed by atoms with van der Waals surface area (Å²) in [6.45, 7) is 3.03. The molecule has 1 N–H and O–H groups in total. The van der Waals surface area contributed by atoms with Gasteiger partial charge in [0.15, 0.2) is 5.96 Å². The third kappa shape index (κ3) is 5.87. The summed E-state index contributed by atoms with van der Waals surface area (Å²) in [5, 5.41) is 4.13. The molecule has 0 aliphatic carbocycles. The van der Waals surface area contributed by atoms with Crippen LogP contribution in [0.1, 0.15) is 17.2 Å². The summed E-state index contributed by atoms with van der Waals surface area (Å²) < 4.78 is 6.17. The highest BCUT2D eigenvalue weighted by atomic mass is 127. The van der Waals surface area contributed by atoms with E-state index in [4.69, 9.17) is 16.3 Å². The lowest BCUT2D eigenvalue weighted by Crippen LogP contribution is -2.38. The monoisotopic (exact) mass is 471 g/mol. The van der Waals surface area contributed by atoms with Crippen LogP contribution in [-0.2, 0) is 11.3 Å². The van der Waals surface area contributed by atoms with Gasteiger partial charge in [-0.25, -0.2) is 0 Å². The van der Waals surface area contributed by atoms with E-state index in [1.807, 2.05) is 49.5 Å². The third-order valence-corrected chi connectivity index (χ3v) is 4.29. The van der Waals surface area contributed by atoms with Crippen LogP contribution in [0, 0.1) is 0 Å². The van der Waals surface area contributed by atoms with Crippen LogP contribution in [0.3, 0.4) is 0 Å². The van der Waals surface area contributed by atoms with Gasteiger partial charge in [-0.05, 0) is 23.3 Å². The Labute approximate surface area is 171 Å². The molecule has 0 bridgehead atoms. The Morgan fingerprint density at radius 3 is 2.52 bits per heavy atom. The lowest BCUT2D eigenvalue weighted by Gasteiger charge is -2.22. The molecule has 0 amide bonds. The zero-order valence-electron chi connectivity index (χ0n) is 14.2. The molecule has 1 atom stereocenters. The lowest BCUT2D eigenvalue weighted by molar-refractivity contribution is 0.0424. The number of likely N-dealkylation sites (N-methyl/N-ethyl adjacent to an activating group) is 1. The quantitative estimate of drug-likeness (QED) is 0.644. The molecule has 0 radical (unpaired) electrons. The average Bonchev–Trinajstić information content (AvgIpc) is 3.02. The summed E-state index contributed by atoms with van der Waals surface area (Å²) in [5.41, 5.74) is 2.26. The number of rotatable bonds is 6. The Morgan fingerprint density at radius 2 is 1.88 bits per heavy atom. The van der Waals surface area contributed by atoms with Crippen molar-refractivity contribution in [3.8, 4) is 0 Å². The molecule has 25 heavy (non-hydrogen) atoms. The maximum absolute atomic E-state index is 6.17. The molecule has 1 aliphatic heterocycles. The summed E-state index contributed by atoms with van der Waals surface area (Å²) in [7, 11) is 2.04. The third-order valence-electron chi connectivity index (χ3n) is 4.04. The number of halogens is 2. The molecule has 3 rings (SSSR count). The van der Waals surface area contributed by atoms with E-state index in [0.717, 1.165) is 35.2 Å². The smallest absolute Gasteiger partial charge is 0.193 e. The van der Waals surface area contributed by atoms with Crippen LogP contribution >= 0.6 is 35.6 Å². The van der Waals surface area contributed by atoms with Crippen molar-refractivity contribution < 1.29 is 4.74 Å². The van der Waals surface area contributed by atoms with Crippen molar-refractivity contribution in [2.75, 3.05) is 26.7 Å². The molecule has 0 saturated carbocycles. The highest BCUT2D eigenvalue weighted by Crippen LogP contribution is 2.21. The van der Waals surface area contributed by atoms with Crippen molar-refractivity contribution in [1.29, 1.82) is 0 Å². The Kier molecular flexibility index (Phi) is 7.99. The molecule has 1 heterocycles. The van der Waals surface area contributed by atoms with Crippen LogP contribution in [0.2, 0.25) is 5.02 Å². The van der Waals surface area contributed by atoms with Gasteiger partial charge in [-0.3, -0.25) is 4.99 Å². The number of nitrogens with zero attached hydrogens (tertiary/aromatic N) is 2. The first kappa shape index (κ1) is 20.0. The molecule has 0 saturated heterocycles. The number of hydrogen-bond acceptors (Lipinski definition) is 4. The van der Waals surface area contributed by atoms with Crippen LogP contribution < -0.4 is 5.32 Å². The first-order chi connectivity index (χ1) is 11.7. The van der Waals surface area contributed by atoms with E-state index in [1.54, 1.807) is 0 Å². The Morgan fingerprint density at radius 1 is 1.16 bits per heavy atom. The van der Waals surface area contributed by atoms with Crippen molar-refractivity contribution in [1.82, 2.24) is 10.2 Å². The number of guanidine groups is 1. The first-order valence-corrected chi connectivity index (χ1v) is 8.50. The standard InChI is InChI=1S/C19H22ClN3O.HI/c1-23-12-11-21-19(23)22-13-18(16-7-9-17(20)10-8-16)24-14-15-5-3-2-4-6-15;/h2-10,18H,11-14H2,1H3,(H,21,22);1H. The topological polar surface area (TPSA) is 36.9 Å². The molecule has 0 aromatic heterocycles. The number of hydrogen-bond donors (Lipinski definition) is 1. The largest absolute Gasteiger partial charge is 0.367 e. The first-order valence-electron chi connectivity index (χ1n) is 8.13. The van der Waals surface area contributed by atoms with Gasteiger partial charge in [0.1, 0.15) is 6.10 Å². The van der Waals surface area contributed by atoms with Crippen molar-refractivity contribution in [3.63, 3.8) is 0 Å². The van der Waals surface area contributed by atoms with Gasteiger partial charge in [0.25, 0.3) is 0 Å². The molecule has 2 aromatic carbocycles. The SMILES string of the molecule is CN1CCN=C1NCC(OCc1ccccc1)c1ccc(Cl)cc1.I. The van der Waals surface area contributed by atoms with Gasteiger partial charge in [-0.2, -0.15) is 0 Å². The fourth-order valence-corrected chi connectivity index (χ4v) is 2.75. The van der Waals surface area contributed by atoms with E-state index in [9.17, 15) is 0 Å². The molecule has 0 fully saturated rings. The molecule has 0 spiro atoms. The van der Waals surface area contributed by atoms with Gasteiger partial charge in [-0.1, -0.05) is 54.1 Å². The van der Waals surface area contributed by atoms with Crippen molar-refractivity contribution in [2.24, 2.45) is 4.99 Å². The Bertz CT molecular complexity index is 679. The second-order valence-electron chi connectivity index (χ2n) is 5.84. The maximum atomic E-state index is 6.17. The zero-order chi connectivity index (χ0) is 16.8. The summed E-state index contributed by atoms with van der Waals surface area (Å²) >= 11 is 6.01. The fourth-order valence-electron chi connectivity index (χ4n) is 2.63. The molecule has 134 valence electrons. The van der Waals surface area contributed by atoms with Gasteiger partial charge in [-0.15, -0.1) is 24.0 Å². The van der Waals surface area contributed by atoms with Gasteiger partial charge in [0.2, 0.25) is 0 Å². The van der Waals surface area contributed by atoms with E-state index in [0.29, 0.717) is 13.2 Å². The fraction of sp³-hybridized carbons (Fsp3) is 0.316. The summed E-state index contributed by atoms with van der Waals surface area (Å²) in [5.74, 6) is 0.928. The van der Waals surface area contributed by atoms with Gasteiger partial charge in [0.05, 0.1) is 13.2 Å². The van der Waals surface area contributed by atoms with Crippen molar-refractivity contribution >= 4 is 41.5 Å². The molecule has 2 aromatic rings. The number of ether oxygens (including phenoxy) is 1. The number of nitrogens with one attached hydrogen (secondary N) is 1. The van der Waals surface area contributed by atoms with Crippen molar-refractivity contribution in [2.45, 2.75) is 12.7 Å². The minimum atomic E-state index is -0.0702. The molecule has 1 aliphatic rings. The minimum Gasteiger partial charge on any atom is -0.367 e. The molecular formula is C19H23ClIN3O. The van der Waals surface area contributed by atoms with E-state index in [1.165, 1.54) is 0 Å². The molecule has 6 heteroatoms. The summed E-state index contributed by atoms with van der Waals surface area (Å²) in [6, 6.07) is 18.0. The molecule has 4 nitrogen and oxygen atoms in total. The minimum absolute atomic E-state index is 0. The van der Waals surface area contributed by atoms with Crippen LogP contribution in [0.25, 0.3) is 0 Å². The van der Waals surface area contributed by atoms with Crippen LogP contribution in [0.15, 0.2) is 59.6 Å². The second kappa shape index (κ2) is 9.99. The summed E-state index contributed by atoms with van der Waals surface area (Å²) in [6.07, 6.45) is -0.0702. The van der Waals surface area contributed by atoms with Gasteiger partial charge < -0.3 is 15.0 Å². The predicted octanol–water partition coefficient (Wildman–Crippen LogP) is 4.11.